The maximum atomic E-state index is 12.8. The number of anilines is 2. The van der Waals surface area contributed by atoms with Crippen molar-refractivity contribution in [3.05, 3.63) is 47.9 Å². The summed E-state index contributed by atoms with van der Waals surface area (Å²) in [5, 5.41) is 7.47. The van der Waals surface area contributed by atoms with Gasteiger partial charge in [0.15, 0.2) is 0 Å². The summed E-state index contributed by atoms with van der Waals surface area (Å²) in [5.74, 6) is 1.79. The van der Waals surface area contributed by atoms with Crippen molar-refractivity contribution in [2.45, 2.75) is 32.1 Å². The lowest BCUT2D eigenvalue weighted by atomic mass is 9.96. The molecule has 27 heavy (non-hydrogen) atoms. The van der Waals surface area contributed by atoms with Crippen LogP contribution < -0.4 is 10.2 Å². The summed E-state index contributed by atoms with van der Waals surface area (Å²) < 4.78 is 1.85. The molecule has 2 aliphatic rings. The van der Waals surface area contributed by atoms with Gasteiger partial charge in [-0.1, -0.05) is 18.2 Å². The zero-order chi connectivity index (χ0) is 18.2. The number of nitrogens with zero attached hydrogens (tertiary/aromatic N) is 5. The van der Waals surface area contributed by atoms with Crippen molar-refractivity contribution < 1.29 is 4.79 Å². The molecule has 2 aromatic heterocycles. The van der Waals surface area contributed by atoms with Crippen LogP contribution in [0.2, 0.25) is 0 Å². The average Bonchev–Trinajstić information content (AvgIpc) is 3.35. The van der Waals surface area contributed by atoms with E-state index in [0.717, 1.165) is 55.8 Å². The van der Waals surface area contributed by atoms with Crippen LogP contribution in [-0.4, -0.2) is 38.6 Å². The zero-order valence-electron chi connectivity index (χ0n) is 15.1. The molecule has 5 rings (SSSR count). The van der Waals surface area contributed by atoms with Crippen molar-refractivity contribution in [2.75, 3.05) is 23.3 Å². The third-order valence-corrected chi connectivity index (χ3v) is 5.56. The standard InChI is InChI=1S/C20H22N6O/c27-18(23-15-7-2-1-3-8-15)14-6-5-11-25(12-14)19-16-9-4-10-17(16)24-20-21-13-22-26(19)20/h1-3,7-8,13-14H,4-6,9-12H2,(H,23,27). The third-order valence-electron chi connectivity index (χ3n) is 5.56. The van der Waals surface area contributed by atoms with Gasteiger partial charge in [-0.3, -0.25) is 4.79 Å². The number of benzene rings is 1. The molecule has 0 saturated carbocycles. The van der Waals surface area contributed by atoms with Gasteiger partial charge in [0.05, 0.1) is 11.6 Å². The lowest BCUT2D eigenvalue weighted by molar-refractivity contribution is -0.120. The van der Waals surface area contributed by atoms with Crippen molar-refractivity contribution in [3.8, 4) is 0 Å². The first-order valence-electron chi connectivity index (χ1n) is 9.62. The van der Waals surface area contributed by atoms with Gasteiger partial charge in [-0.25, -0.2) is 4.98 Å². The second-order valence-electron chi connectivity index (χ2n) is 7.33. The predicted octanol–water partition coefficient (Wildman–Crippen LogP) is 2.47. The quantitative estimate of drug-likeness (QED) is 0.775. The van der Waals surface area contributed by atoms with E-state index in [1.165, 1.54) is 5.56 Å². The van der Waals surface area contributed by atoms with Gasteiger partial charge in [-0.15, -0.1) is 0 Å². The topological polar surface area (TPSA) is 75.4 Å². The van der Waals surface area contributed by atoms with Crippen LogP contribution in [0.1, 0.15) is 30.5 Å². The lowest BCUT2D eigenvalue weighted by Crippen LogP contribution is -2.42. The summed E-state index contributed by atoms with van der Waals surface area (Å²) in [5.41, 5.74) is 3.27. The molecule has 1 fully saturated rings. The molecule has 7 nitrogen and oxygen atoms in total. The number of hydrogen-bond donors (Lipinski definition) is 1. The average molecular weight is 362 g/mol. The monoisotopic (exact) mass is 362 g/mol. The fourth-order valence-corrected chi connectivity index (χ4v) is 4.28. The number of amides is 1. The Morgan fingerprint density at radius 2 is 2.04 bits per heavy atom. The highest BCUT2D eigenvalue weighted by molar-refractivity contribution is 5.93. The van der Waals surface area contributed by atoms with Crippen LogP contribution >= 0.6 is 0 Å². The number of carbonyl (C=O) groups excluding carboxylic acids is 1. The molecule has 7 heteroatoms. The van der Waals surface area contributed by atoms with E-state index in [1.807, 2.05) is 34.8 Å². The summed E-state index contributed by atoms with van der Waals surface area (Å²) in [6.45, 7) is 1.63. The molecule has 1 aromatic carbocycles. The highest BCUT2D eigenvalue weighted by Crippen LogP contribution is 2.33. The zero-order valence-corrected chi connectivity index (χ0v) is 15.1. The highest BCUT2D eigenvalue weighted by Gasteiger charge is 2.31. The summed E-state index contributed by atoms with van der Waals surface area (Å²) in [4.78, 5) is 24.1. The summed E-state index contributed by atoms with van der Waals surface area (Å²) in [7, 11) is 0. The molecule has 3 aromatic rings. The normalized spacial score (nSPS) is 19.3. The fourth-order valence-electron chi connectivity index (χ4n) is 4.28. The molecule has 138 valence electrons. The minimum absolute atomic E-state index is 0.0391. The maximum Gasteiger partial charge on any atom is 0.254 e. The van der Waals surface area contributed by atoms with E-state index in [4.69, 9.17) is 0 Å². The second-order valence-corrected chi connectivity index (χ2v) is 7.33. The first-order valence-corrected chi connectivity index (χ1v) is 9.62. The molecule has 1 saturated heterocycles. The van der Waals surface area contributed by atoms with Gasteiger partial charge in [-0.2, -0.15) is 14.6 Å². The molecule has 1 unspecified atom stereocenters. The smallest absolute Gasteiger partial charge is 0.254 e. The van der Waals surface area contributed by atoms with Gasteiger partial charge in [0.25, 0.3) is 5.78 Å². The van der Waals surface area contributed by atoms with Gasteiger partial charge in [0.2, 0.25) is 5.91 Å². The van der Waals surface area contributed by atoms with E-state index in [2.05, 4.69) is 25.3 Å². The Labute approximate surface area is 157 Å². The van der Waals surface area contributed by atoms with Gasteiger partial charge in [0.1, 0.15) is 12.1 Å². The molecule has 1 atom stereocenters. The Morgan fingerprint density at radius 3 is 2.93 bits per heavy atom. The van der Waals surface area contributed by atoms with Crippen molar-refractivity contribution in [1.82, 2.24) is 19.6 Å². The Bertz CT molecular complexity index is 983. The Hall–Kier alpha value is -2.96. The maximum absolute atomic E-state index is 12.8. The number of para-hydroxylation sites is 1. The Kier molecular flexibility index (Phi) is 3.99. The SMILES string of the molecule is O=C(Nc1ccccc1)C1CCCN(c2c3c(nc4ncnn24)CCC3)C1. The van der Waals surface area contributed by atoms with E-state index in [0.29, 0.717) is 12.3 Å². The number of hydrogen-bond acceptors (Lipinski definition) is 5. The number of rotatable bonds is 3. The number of piperidine rings is 1. The summed E-state index contributed by atoms with van der Waals surface area (Å²) in [6.07, 6.45) is 6.59. The minimum Gasteiger partial charge on any atom is -0.355 e. The van der Waals surface area contributed by atoms with Crippen LogP contribution in [0.15, 0.2) is 36.7 Å². The number of aromatic nitrogens is 4. The minimum atomic E-state index is -0.0391. The molecule has 0 radical (unpaired) electrons. The van der Waals surface area contributed by atoms with E-state index in [1.54, 1.807) is 6.33 Å². The largest absolute Gasteiger partial charge is 0.355 e. The number of nitrogens with one attached hydrogen (secondary N) is 1. The van der Waals surface area contributed by atoms with Crippen molar-refractivity contribution in [3.63, 3.8) is 0 Å². The van der Waals surface area contributed by atoms with Crippen molar-refractivity contribution in [2.24, 2.45) is 5.92 Å². The van der Waals surface area contributed by atoms with Gasteiger partial charge >= 0.3 is 0 Å². The van der Waals surface area contributed by atoms with Gasteiger partial charge in [0, 0.05) is 24.3 Å². The van der Waals surface area contributed by atoms with Crippen LogP contribution in [0, 0.1) is 5.92 Å². The number of aryl methyl sites for hydroxylation is 1. The molecular weight excluding hydrogens is 340 g/mol. The molecule has 1 amide bonds. The van der Waals surface area contributed by atoms with E-state index in [-0.39, 0.29) is 11.8 Å². The fraction of sp³-hybridized carbons (Fsp3) is 0.400. The van der Waals surface area contributed by atoms with E-state index < -0.39 is 0 Å². The third kappa shape index (κ3) is 2.93. The molecule has 1 aliphatic carbocycles. The molecular formula is C20H22N6O. The van der Waals surface area contributed by atoms with Gasteiger partial charge < -0.3 is 10.2 Å². The highest BCUT2D eigenvalue weighted by atomic mass is 16.1. The Balaban J connectivity index is 1.43. The number of carbonyl (C=O) groups is 1. The van der Waals surface area contributed by atoms with Crippen molar-refractivity contribution in [1.29, 1.82) is 0 Å². The molecule has 1 N–H and O–H groups in total. The first kappa shape index (κ1) is 16.2. The predicted molar refractivity (Wildman–Crippen MR) is 103 cm³/mol. The van der Waals surface area contributed by atoms with Gasteiger partial charge in [-0.05, 0) is 44.2 Å². The van der Waals surface area contributed by atoms with Crippen molar-refractivity contribution >= 4 is 23.2 Å². The van der Waals surface area contributed by atoms with Crippen LogP contribution in [0.3, 0.4) is 0 Å². The molecule has 3 heterocycles. The van der Waals surface area contributed by atoms with Crippen LogP contribution in [-0.2, 0) is 17.6 Å². The number of fused-ring (bicyclic) bond motifs is 2. The van der Waals surface area contributed by atoms with Crippen LogP contribution in [0.4, 0.5) is 11.5 Å². The lowest BCUT2D eigenvalue weighted by Gasteiger charge is -2.34. The van der Waals surface area contributed by atoms with Crippen LogP contribution in [0.25, 0.3) is 5.78 Å². The summed E-state index contributed by atoms with van der Waals surface area (Å²) in [6, 6.07) is 9.67. The van der Waals surface area contributed by atoms with Crippen LogP contribution in [0.5, 0.6) is 0 Å². The Morgan fingerprint density at radius 1 is 1.15 bits per heavy atom. The van der Waals surface area contributed by atoms with E-state index >= 15 is 0 Å². The summed E-state index contributed by atoms with van der Waals surface area (Å²) >= 11 is 0. The second kappa shape index (κ2) is 6.64. The first-order chi connectivity index (χ1) is 13.3. The molecule has 0 spiro atoms. The molecule has 1 aliphatic heterocycles. The van der Waals surface area contributed by atoms with E-state index in [9.17, 15) is 4.79 Å². The molecule has 0 bridgehead atoms.